The number of nitrogens with zero attached hydrogens (tertiary/aromatic N) is 2. The maximum Gasteiger partial charge on any atom is 0.293 e. The Morgan fingerprint density at radius 2 is 1.87 bits per heavy atom. The lowest BCUT2D eigenvalue weighted by Crippen LogP contribution is -2.35. The van der Waals surface area contributed by atoms with Crippen molar-refractivity contribution in [3.05, 3.63) is 92.7 Å². The van der Waals surface area contributed by atoms with Crippen molar-refractivity contribution in [1.29, 1.82) is 0 Å². The fourth-order valence-corrected chi connectivity index (χ4v) is 5.08. The molecule has 0 spiro atoms. The summed E-state index contributed by atoms with van der Waals surface area (Å²) in [5, 5.41) is 16.3. The number of fused-ring (bicyclic) bond motifs is 1. The summed E-state index contributed by atoms with van der Waals surface area (Å²) in [7, 11) is 0. The lowest BCUT2D eigenvalue weighted by Gasteiger charge is -2.26. The first-order valence-electron chi connectivity index (χ1n) is 13.1. The van der Waals surface area contributed by atoms with Crippen molar-refractivity contribution >= 4 is 18.1 Å². The molecule has 9 nitrogen and oxygen atoms in total. The van der Waals surface area contributed by atoms with Gasteiger partial charge in [-0.25, -0.2) is 9.37 Å². The average Bonchev–Trinajstić information content (AvgIpc) is 3.28. The van der Waals surface area contributed by atoms with Crippen LogP contribution >= 0.6 is 0 Å². The Labute approximate surface area is 225 Å². The van der Waals surface area contributed by atoms with Gasteiger partial charge in [-0.2, -0.15) is 0 Å². The molecule has 1 saturated heterocycles. The van der Waals surface area contributed by atoms with Crippen LogP contribution in [0.4, 0.5) is 4.39 Å². The zero-order valence-electron chi connectivity index (χ0n) is 21.5. The second-order valence-electron chi connectivity index (χ2n) is 9.73. The SMILES string of the molecule is O=C1NC(C(CNCCF)c2nc[nH]c(=O)c2O)c2ccc(/C=C/c3ccc(CN4CCOCC4)cc3)cc21. The summed E-state index contributed by atoms with van der Waals surface area (Å²) < 4.78 is 18.2. The molecule has 3 aromatic rings. The third-order valence-electron chi connectivity index (χ3n) is 7.15. The molecule has 3 heterocycles. The van der Waals surface area contributed by atoms with Gasteiger partial charge in [0.1, 0.15) is 6.67 Å². The van der Waals surface area contributed by atoms with Crippen LogP contribution in [0.5, 0.6) is 5.75 Å². The van der Waals surface area contributed by atoms with Crippen molar-refractivity contribution in [2.45, 2.75) is 18.5 Å². The zero-order chi connectivity index (χ0) is 27.2. The molecule has 2 aliphatic rings. The summed E-state index contributed by atoms with van der Waals surface area (Å²) in [4.78, 5) is 33.8. The van der Waals surface area contributed by atoms with E-state index in [1.54, 1.807) is 0 Å². The molecule has 2 aromatic carbocycles. The lowest BCUT2D eigenvalue weighted by molar-refractivity contribution is 0.0342. The van der Waals surface area contributed by atoms with Gasteiger partial charge in [-0.05, 0) is 28.3 Å². The van der Waals surface area contributed by atoms with E-state index in [2.05, 4.69) is 49.8 Å². The number of carbonyl (C=O) groups is 1. The Morgan fingerprint density at radius 3 is 2.64 bits per heavy atom. The van der Waals surface area contributed by atoms with Crippen LogP contribution in [-0.4, -0.2) is 71.9 Å². The van der Waals surface area contributed by atoms with E-state index in [1.165, 1.54) is 11.9 Å². The van der Waals surface area contributed by atoms with Gasteiger partial charge in [0.2, 0.25) is 5.75 Å². The highest BCUT2D eigenvalue weighted by molar-refractivity contribution is 6.00. The van der Waals surface area contributed by atoms with Crippen molar-refractivity contribution < 1.29 is 19.0 Å². The molecule has 2 unspecified atom stereocenters. The maximum absolute atomic E-state index is 12.9. The molecule has 1 aromatic heterocycles. The predicted octanol–water partition coefficient (Wildman–Crippen LogP) is 2.61. The number of aromatic hydroxyl groups is 1. The average molecular weight is 534 g/mol. The van der Waals surface area contributed by atoms with Gasteiger partial charge in [-0.1, -0.05) is 48.6 Å². The van der Waals surface area contributed by atoms with Gasteiger partial charge in [0, 0.05) is 44.2 Å². The largest absolute Gasteiger partial charge is 0.502 e. The van der Waals surface area contributed by atoms with Crippen LogP contribution in [0.3, 0.4) is 0 Å². The van der Waals surface area contributed by atoms with E-state index >= 15 is 0 Å². The number of amides is 1. The number of morpholine rings is 1. The van der Waals surface area contributed by atoms with Crippen molar-refractivity contribution in [2.24, 2.45) is 0 Å². The number of rotatable bonds is 10. The Kier molecular flexibility index (Phi) is 8.45. The van der Waals surface area contributed by atoms with Crippen molar-refractivity contribution in [1.82, 2.24) is 25.5 Å². The number of aromatic amines is 1. The minimum atomic E-state index is -0.672. The van der Waals surface area contributed by atoms with Gasteiger partial charge in [0.15, 0.2) is 0 Å². The summed E-state index contributed by atoms with van der Waals surface area (Å²) in [6.45, 7) is 4.11. The lowest BCUT2D eigenvalue weighted by atomic mass is 9.89. The summed E-state index contributed by atoms with van der Waals surface area (Å²) in [5.41, 5.74) is 3.90. The smallest absolute Gasteiger partial charge is 0.293 e. The van der Waals surface area contributed by atoms with Crippen LogP contribution < -0.4 is 16.2 Å². The standard InChI is InChI=1S/C29H32FN5O4/c30-9-10-31-16-24(26-27(36)29(38)33-18-32-26)25-22-8-7-20(15-23(22)28(37)34-25)4-1-19-2-5-21(6-3-19)17-35-11-13-39-14-12-35/h1-8,15,18,24-25,31,36H,9-14,16-17H2,(H,34,37)(H,32,33,38)/b4-1+. The van der Waals surface area contributed by atoms with Crippen molar-refractivity contribution in [3.8, 4) is 5.75 Å². The number of aromatic nitrogens is 2. The van der Waals surface area contributed by atoms with Gasteiger partial charge in [0.25, 0.3) is 11.5 Å². The normalized spacial score (nSPS) is 18.3. The highest BCUT2D eigenvalue weighted by Gasteiger charge is 2.37. The first-order valence-corrected chi connectivity index (χ1v) is 13.1. The summed E-state index contributed by atoms with van der Waals surface area (Å²) in [6, 6.07) is 13.5. The molecular weight excluding hydrogens is 501 g/mol. The van der Waals surface area contributed by atoms with Crippen LogP contribution in [0.1, 0.15) is 50.3 Å². The van der Waals surface area contributed by atoms with E-state index in [-0.39, 0.29) is 24.7 Å². The molecule has 10 heteroatoms. The third-order valence-corrected chi connectivity index (χ3v) is 7.15. The second-order valence-corrected chi connectivity index (χ2v) is 9.73. The predicted molar refractivity (Wildman–Crippen MR) is 146 cm³/mol. The van der Waals surface area contributed by atoms with E-state index in [9.17, 15) is 19.1 Å². The first kappa shape index (κ1) is 26.7. The summed E-state index contributed by atoms with van der Waals surface area (Å²) in [5.74, 6) is -1.35. The summed E-state index contributed by atoms with van der Waals surface area (Å²) in [6.07, 6.45) is 5.18. The fourth-order valence-electron chi connectivity index (χ4n) is 5.08. The van der Waals surface area contributed by atoms with Gasteiger partial charge < -0.3 is 25.5 Å². The number of carbonyl (C=O) groups excluding carboxylic acids is 1. The molecule has 2 atom stereocenters. The number of hydrogen-bond donors (Lipinski definition) is 4. The number of halogens is 1. The number of hydrogen-bond acceptors (Lipinski definition) is 7. The monoisotopic (exact) mass is 533 g/mol. The summed E-state index contributed by atoms with van der Waals surface area (Å²) >= 11 is 0. The van der Waals surface area contributed by atoms with E-state index in [0.29, 0.717) is 5.56 Å². The van der Waals surface area contributed by atoms with E-state index in [0.717, 1.165) is 49.5 Å². The Balaban J connectivity index is 1.33. The van der Waals surface area contributed by atoms with E-state index in [1.807, 2.05) is 30.4 Å². The minimum absolute atomic E-state index is 0.103. The highest BCUT2D eigenvalue weighted by Crippen LogP contribution is 2.38. The Morgan fingerprint density at radius 1 is 1.13 bits per heavy atom. The van der Waals surface area contributed by atoms with Crippen LogP contribution in [0, 0.1) is 0 Å². The van der Waals surface area contributed by atoms with Crippen molar-refractivity contribution in [3.63, 3.8) is 0 Å². The maximum atomic E-state index is 12.9. The second kappa shape index (κ2) is 12.3. The van der Waals surface area contributed by atoms with Crippen LogP contribution in [0.15, 0.2) is 53.6 Å². The minimum Gasteiger partial charge on any atom is -0.502 e. The van der Waals surface area contributed by atoms with Crippen LogP contribution in [-0.2, 0) is 11.3 Å². The Bertz CT molecular complexity index is 1390. The van der Waals surface area contributed by atoms with Gasteiger partial charge in [0.05, 0.1) is 31.3 Å². The molecule has 39 heavy (non-hydrogen) atoms. The molecule has 1 amide bonds. The van der Waals surface area contributed by atoms with Gasteiger partial charge >= 0.3 is 0 Å². The van der Waals surface area contributed by atoms with E-state index in [4.69, 9.17) is 4.74 Å². The number of nitrogens with one attached hydrogen (secondary N) is 3. The van der Waals surface area contributed by atoms with Crippen molar-refractivity contribution in [2.75, 3.05) is 46.1 Å². The molecule has 5 rings (SSSR count). The van der Waals surface area contributed by atoms with Gasteiger partial charge in [-0.3, -0.25) is 14.5 Å². The molecule has 2 aliphatic heterocycles. The third kappa shape index (κ3) is 6.25. The first-order chi connectivity index (χ1) is 19.0. The Hall–Kier alpha value is -3.86. The molecule has 0 bridgehead atoms. The molecule has 0 saturated carbocycles. The number of benzene rings is 2. The number of ether oxygens (including phenoxy) is 1. The van der Waals surface area contributed by atoms with E-state index < -0.39 is 29.9 Å². The highest BCUT2D eigenvalue weighted by atomic mass is 19.1. The number of alkyl halides is 1. The van der Waals surface area contributed by atoms with Gasteiger partial charge in [-0.15, -0.1) is 0 Å². The number of H-pyrrole nitrogens is 1. The molecule has 0 aliphatic carbocycles. The quantitative estimate of drug-likeness (QED) is 0.234. The molecule has 4 N–H and O–H groups in total. The topological polar surface area (TPSA) is 120 Å². The molecular formula is C29H32FN5O4. The molecule has 1 fully saturated rings. The molecule has 0 radical (unpaired) electrons. The molecule has 204 valence electrons. The van der Waals surface area contributed by atoms with Crippen LogP contribution in [0.2, 0.25) is 0 Å². The van der Waals surface area contributed by atoms with Crippen LogP contribution in [0.25, 0.3) is 12.2 Å². The fraction of sp³-hybridized carbons (Fsp3) is 0.345. The zero-order valence-corrected chi connectivity index (χ0v) is 21.5.